The fourth-order valence-electron chi connectivity index (χ4n) is 5.42. The minimum absolute atomic E-state index is 0.0853. The van der Waals surface area contributed by atoms with Gasteiger partial charge in [-0.05, 0) is 48.1 Å². The zero-order chi connectivity index (χ0) is 33.1. The zero-order valence-corrected chi connectivity index (χ0v) is 25.3. The Kier molecular flexibility index (Phi) is 11.8. The van der Waals surface area contributed by atoms with E-state index in [2.05, 4.69) is 16.0 Å². The Hall–Kier alpha value is -5.23. The number of carboxylic acid groups (broad SMARTS) is 1. The number of nitrogens with zero attached hydrogens (tertiary/aromatic N) is 1. The van der Waals surface area contributed by atoms with E-state index in [0.29, 0.717) is 12.8 Å². The molecule has 242 valence electrons. The summed E-state index contributed by atoms with van der Waals surface area (Å²) in [6, 6.07) is 20.5. The van der Waals surface area contributed by atoms with Crippen LogP contribution in [0.2, 0.25) is 0 Å². The number of amides is 4. The molecule has 0 aliphatic carbocycles. The standard InChI is InChI=1S/C34H39N5O7/c35-26(18-24-13-15-25(40)16-14-24)31(43)37-27(19-22-8-3-1-4-9-22)32(44)38-28(20-23-10-5-2-6-11-23)34(46)39-17-7-12-29(39)33(45)36-21-30(41)42/h1-6,8-11,13-16,26-29,40H,7,12,17-21,35H2,(H,36,45)(H,37,43)(H,38,44)(H,41,42)/t26-,27-,28-,29-/m0/s1. The first-order chi connectivity index (χ1) is 22.1. The molecule has 4 amide bonds. The molecule has 4 atom stereocenters. The molecule has 46 heavy (non-hydrogen) atoms. The predicted octanol–water partition coefficient (Wildman–Crippen LogP) is 0.909. The summed E-state index contributed by atoms with van der Waals surface area (Å²) in [6.07, 6.45) is 1.31. The van der Waals surface area contributed by atoms with Crippen molar-refractivity contribution in [1.29, 1.82) is 0 Å². The van der Waals surface area contributed by atoms with Crippen molar-refractivity contribution in [2.75, 3.05) is 13.1 Å². The van der Waals surface area contributed by atoms with Crippen molar-refractivity contribution in [1.82, 2.24) is 20.9 Å². The lowest BCUT2D eigenvalue weighted by molar-refractivity contribution is -0.143. The van der Waals surface area contributed by atoms with Crippen LogP contribution in [-0.2, 0) is 43.2 Å². The zero-order valence-electron chi connectivity index (χ0n) is 25.3. The Morgan fingerprint density at radius 3 is 1.89 bits per heavy atom. The van der Waals surface area contributed by atoms with Crippen molar-refractivity contribution in [3.05, 3.63) is 102 Å². The van der Waals surface area contributed by atoms with Gasteiger partial charge in [-0.25, -0.2) is 0 Å². The van der Waals surface area contributed by atoms with Gasteiger partial charge in [-0.2, -0.15) is 0 Å². The van der Waals surface area contributed by atoms with Crippen molar-refractivity contribution in [2.24, 2.45) is 5.73 Å². The van der Waals surface area contributed by atoms with Gasteiger partial charge in [0.25, 0.3) is 0 Å². The van der Waals surface area contributed by atoms with Crippen molar-refractivity contribution < 1.29 is 34.2 Å². The van der Waals surface area contributed by atoms with Crippen LogP contribution >= 0.6 is 0 Å². The number of phenols is 1. The molecule has 0 unspecified atom stereocenters. The monoisotopic (exact) mass is 629 g/mol. The Balaban J connectivity index is 1.54. The lowest BCUT2D eigenvalue weighted by Crippen LogP contribution is -2.58. The van der Waals surface area contributed by atoms with E-state index in [1.54, 1.807) is 12.1 Å². The fourth-order valence-corrected chi connectivity index (χ4v) is 5.42. The minimum atomic E-state index is -1.20. The van der Waals surface area contributed by atoms with Crippen LogP contribution in [0.3, 0.4) is 0 Å². The first-order valence-electron chi connectivity index (χ1n) is 15.1. The van der Waals surface area contributed by atoms with Gasteiger partial charge in [0.2, 0.25) is 23.6 Å². The van der Waals surface area contributed by atoms with Crippen molar-refractivity contribution in [3.63, 3.8) is 0 Å². The molecule has 7 N–H and O–H groups in total. The molecule has 1 aliphatic heterocycles. The lowest BCUT2D eigenvalue weighted by atomic mass is 10.0. The maximum absolute atomic E-state index is 14.0. The molecule has 12 nitrogen and oxygen atoms in total. The summed E-state index contributed by atoms with van der Waals surface area (Å²) in [6.45, 7) is -0.307. The van der Waals surface area contributed by atoms with Gasteiger partial charge in [0.1, 0.15) is 30.4 Å². The maximum Gasteiger partial charge on any atom is 0.322 e. The molecule has 1 saturated heterocycles. The number of rotatable bonds is 14. The number of carbonyl (C=O) groups is 5. The number of hydrogen-bond acceptors (Lipinski definition) is 7. The number of carbonyl (C=O) groups excluding carboxylic acids is 4. The third-order valence-corrected chi connectivity index (χ3v) is 7.79. The van der Waals surface area contributed by atoms with E-state index in [-0.39, 0.29) is 31.6 Å². The minimum Gasteiger partial charge on any atom is -0.508 e. The van der Waals surface area contributed by atoms with Crippen molar-refractivity contribution in [3.8, 4) is 5.75 Å². The van der Waals surface area contributed by atoms with E-state index in [9.17, 15) is 29.1 Å². The summed E-state index contributed by atoms with van der Waals surface area (Å²) in [5.41, 5.74) is 8.48. The van der Waals surface area contributed by atoms with Crippen LogP contribution in [0.1, 0.15) is 29.5 Å². The lowest BCUT2D eigenvalue weighted by Gasteiger charge is -2.30. The molecule has 12 heteroatoms. The SMILES string of the molecule is N[C@@H](Cc1ccc(O)cc1)C(=O)N[C@@H](Cc1ccccc1)C(=O)N[C@@H](Cc1ccccc1)C(=O)N1CCC[C@H]1C(=O)NCC(=O)O. The van der Waals surface area contributed by atoms with Crippen molar-refractivity contribution >= 4 is 29.6 Å². The van der Waals surface area contributed by atoms with Crippen molar-refractivity contribution in [2.45, 2.75) is 56.3 Å². The average molecular weight is 630 g/mol. The Morgan fingerprint density at radius 2 is 1.30 bits per heavy atom. The summed E-state index contributed by atoms with van der Waals surface area (Å²) >= 11 is 0. The summed E-state index contributed by atoms with van der Waals surface area (Å²) in [7, 11) is 0. The first kappa shape index (κ1) is 33.7. The second-order valence-electron chi connectivity index (χ2n) is 11.3. The number of carboxylic acids is 1. The van der Waals surface area contributed by atoms with E-state index in [0.717, 1.165) is 16.7 Å². The number of aromatic hydroxyl groups is 1. The molecule has 0 spiro atoms. The molecule has 3 aromatic rings. The smallest absolute Gasteiger partial charge is 0.322 e. The van der Waals surface area contributed by atoms with E-state index in [4.69, 9.17) is 10.8 Å². The number of likely N-dealkylation sites (tertiary alicyclic amines) is 1. The molecular formula is C34H39N5O7. The predicted molar refractivity (Wildman–Crippen MR) is 169 cm³/mol. The van der Waals surface area contributed by atoms with Gasteiger partial charge in [0.05, 0.1) is 6.04 Å². The van der Waals surface area contributed by atoms with Crippen LogP contribution in [0, 0.1) is 0 Å². The summed E-state index contributed by atoms with van der Waals surface area (Å²) in [4.78, 5) is 66.3. The molecule has 0 saturated carbocycles. The highest BCUT2D eigenvalue weighted by Gasteiger charge is 2.38. The van der Waals surface area contributed by atoms with Crippen LogP contribution in [-0.4, -0.2) is 82.0 Å². The maximum atomic E-state index is 14.0. The number of phenolic OH excluding ortho intramolecular Hbond substituents is 1. The Labute approximate surface area is 267 Å². The van der Waals surface area contributed by atoms with Gasteiger partial charge in [0.15, 0.2) is 0 Å². The van der Waals surface area contributed by atoms with Crippen LogP contribution in [0.15, 0.2) is 84.9 Å². The number of nitrogens with one attached hydrogen (secondary N) is 3. The van der Waals surface area contributed by atoms with Gasteiger partial charge in [-0.3, -0.25) is 24.0 Å². The highest BCUT2D eigenvalue weighted by Crippen LogP contribution is 2.20. The highest BCUT2D eigenvalue weighted by molar-refractivity contribution is 5.95. The van der Waals surface area contributed by atoms with Gasteiger partial charge < -0.3 is 36.8 Å². The van der Waals surface area contributed by atoms with Gasteiger partial charge in [-0.1, -0.05) is 72.8 Å². The van der Waals surface area contributed by atoms with Gasteiger partial charge in [-0.15, -0.1) is 0 Å². The van der Waals surface area contributed by atoms with Crippen LogP contribution in [0.4, 0.5) is 0 Å². The van der Waals surface area contributed by atoms with Gasteiger partial charge in [0, 0.05) is 19.4 Å². The Bertz CT molecular complexity index is 1500. The fraction of sp³-hybridized carbons (Fsp3) is 0.324. The van der Waals surface area contributed by atoms with E-state index >= 15 is 0 Å². The highest BCUT2D eigenvalue weighted by atomic mass is 16.4. The first-order valence-corrected chi connectivity index (χ1v) is 15.1. The van der Waals surface area contributed by atoms with Gasteiger partial charge >= 0.3 is 5.97 Å². The number of aliphatic carboxylic acids is 1. The molecule has 0 bridgehead atoms. The summed E-state index contributed by atoms with van der Waals surface area (Å²) in [5.74, 6) is -3.34. The van der Waals surface area contributed by atoms with Crippen LogP contribution < -0.4 is 21.7 Å². The summed E-state index contributed by atoms with van der Waals surface area (Å²) in [5, 5.41) is 26.5. The largest absolute Gasteiger partial charge is 0.508 e. The Morgan fingerprint density at radius 1 is 0.761 bits per heavy atom. The number of benzene rings is 3. The molecular weight excluding hydrogens is 590 g/mol. The molecule has 0 aromatic heterocycles. The average Bonchev–Trinajstić information content (AvgIpc) is 3.55. The topological polar surface area (TPSA) is 191 Å². The van der Waals surface area contributed by atoms with Crippen LogP contribution in [0.25, 0.3) is 0 Å². The molecule has 1 aliphatic rings. The van der Waals surface area contributed by atoms with E-state index in [1.165, 1.54) is 17.0 Å². The normalized spacial score (nSPS) is 16.1. The molecule has 0 radical (unpaired) electrons. The number of nitrogens with two attached hydrogens (primary N) is 1. The summed E-state index contributed by atoms with van der Waals surface area (Å²) < 4.78 is 0. The molecule has 1 fully saturated rings. The molecule has 4 rings (SSSR count). The van der Waals surface area contributed by atoms with Crippen LogP contribution in [0.5, 0.6) is 5.75 Å². The molecule has 3 aromatic carbocycles. The quantitative estimate of drug-likeness (QED) is 0.152. The third kappa shape index (κ3) is 9.63. The second kappa shape index (κ2) is 16.2. The molecule has 1 heterocycles. The second-order valence-corrected chi connectivity index (χ2v) is 11.3. The van der Waals surface area contributed by atoms with E-state index < -0.39 is 60.3 Å². The van der Waals surface area contributed by atoms with E-state index in [1.807, 2.05) is 60.7 Å². The number of hydrogen-bond donors (Lipinski definition) is 6. The third-order valence-electron chi connectivity index (χ3n) is 7.79.